The number of ether oxygens (including phenoxy) is 1. The first-order chi connectivity index (χ1) is 5.79. The molecule has 5 heteroatoms. The molecule has 1 rings (SSSR count). The number of thiocarbonyl (C=S) groups is 1. The van der Waals surface area contributed by atoms with Gasteiger partial charge in [-0.05, 0) is 24.4 Å². The van der Waals surface area contributed by atoms with E-state index < -0.39 is 0 Å². The lowest BCUT2D eigenvalue weighted by molar-refractivity contribution is 0.355. The number of rotatable bonds is 3. The summed E-state index contributed by atoms with van der Waals surface area (Å²) in [4.78, 5) is 0. The van der Waals surface area contributed by atoms with Crippen molar-refractivity contribution < 1.29 is 9.26 Å². The zero-order chi connectivity index (χ0) is 8.81. The summed E-state index contributed by atoms with van der Waals surface area (Å²) >= 11 is 4.50. The normalized spacial score (nSPS) is 10.3. The number of nitrogens with two attached hydrogens (primary N) is 1. The van der Waals surface area contributed by atoms with Crippen LogP contribution in [-0.4, -0.2) is 16.9 Å². The van der Waals surface area contributed by atoms with Crippen LogP contribution in [0.4, 0.5) is 0 Å². The molecule has 0 aliphatic heterocycles. The van der Waals surface area contributed by atoms with E-state index in [4.69, 9.17) is 10.5 Å². The number of hydrogen-bond acceptors (Lipinski definition) is 4. The van der Waals surface area contributed by atoms with Crippen LogP contribution < -0.4 is 5.73 Å². The van der Waals surface area contributed by atoms with Crippen LogP contribution in [0.1, 0.15) is 5.69 Å². The summed E-state index contributed by atoms with van der Waals surface area (Å²) in [6, 6.07) is 1.73. The molecule has 1 aromatic heterocycles. The van der Waals surface area contributed by atoms with Gasteiger partial charge in [0.25, 0.3) is 5.17 Å². The molecule has 0 saturated heterocycles. The van der Waals surface area contributed by atoms with Crippen molar-refractivity contribution in [3.05, 3.63) is 24.1 Å². The first kappa shape index (κ1) is 8.73. The first-order valence-electron chi connectivity index (χ1n) is 3.28. The summed E-state index contributed by atoms with van der Waals surface area (Å²) in [5, 5.41) is 3.69. The second-order valence-corrected chi connectivity index (χ2v) is 2.36. The average molecular weight is 184 g/mol. The molecule has 12 heavy (non-hydrogen) atoms. The highest BCUT2D eigenvalue weighted by Crippen LogP contribution is 1.96. The van der Waals surface area contributed by atoms with Crippen LogP contribution in [-0.2, 0) is 4.74 Å². The fourth-order valence-electron chi connectivity index (χ4n) is 0.607. The second-order valence-electron chi connectivity index (χ2n) is 1.96. The Morgan fingerprint density at radius 3 is 3.25 bits per heavy atom. The van der Waals surface area contributed by atoms with Crippen molar-refractivity contribution in [2.24, 2.45) is 5.73 Å². The molecule has 4 nitrogen and oxygen atoms in total. The lowest BCUT2D eigenvalue weighted by Gasteiger charge is -1.95. The van der Waals surface area contributed by atoms with Gasteiger partial charge in [-0.3, -0.25) is 0 Å². The van der Waals surface area contributed by atoms with Crippen molar-refractivity contribution in [2.45, 2.75) is 0 Å². The van der Waals surface area contributed by atoms with Crippen LogP contribution in [0, 0.1) is 0 Å². The molecular weight excluding hydrogens is 176 g/mol. The minimum atomic E-state index is 0.0415. The average Bonchev–Trinajstić information content (AvgIpc) is 2.49. The Morgan fingerprint density at radius 2 is 2.67 bits per heavy atom. The third-order valence-corrected chi connectivity index (χ3v) is 1.19. The highest BCUT2D eigenvalue weighted by atomic mass is 32.1. The fourth-order valence-corrected chi connectivity index (χ4v) is 0.675. The van der Waals surface area contributed by atoms with E-state index in [1.54, 1.807) is 18.2 Å². The van der Waals surface area contributed by atoms with Crippen LogP contribution in [0.3, 0.4) is 0 Å². The maximum Gasteiger partial charge on any atom is 0.254 e. The Kier molecular flexibility index (Phi) is 3.28. The third kappa shape index (κ3) is 3.16. The molecule has 2 N–H and O–H groups in total. The maximum atomic E-state index is 5.09. The summed E-state index contributed by atoms with van der Waals surface area (Å²) in [5.74, 6) is 0. The summed E-state index contributed by atoms with van der Waals surface area (Å²) in [7, 11) is 0. The molecule has 0 radical (unpaired) electrons. The quantitative estimate of drug-likeness (QED) is 0.708. The molecule has 0 unspecified atom stereocenters. The van der Waals surface area contributed by atoms with Crippen molar-refractivity contribution >= 4 is 23.5 Å². The molecule has 0 saturated carbocycles. The van der Waals surface area contributed by atoms with Crippen LogP contribution in [0.15, 0.2) is 22.9 Å². The number of nitrogens with zero attached hydrogens (tertiary/aromatic N) is 1. The van der Waals surface area contributed by atoms with Gasteiger partial charge >= 0.3 is 0 Å². The minimum Gasteiger partial charge on any atom is -0.467 e. The fraction of sp³-hybridized carbons (Fsp3) is 0.143. The van der Waals surface area contributed by atoms with E-state index in [0.717, 1.165) is 5.69 Å². The highest BCUT2D eigenvalue weighted by Gasteiger charge is 1.88. The van der Waals surface area contributed by atoms with Crippen LogP contribution in [0.5, 0.6) is 0 Å². The van der Waals surface area contributed by atoms with Crippen LogP contribution in [0.25, 0.3) is 6.08 Å². The summed E-state index contributed by atoms with van der Waals surface area (Å²) in [6.07, 6.45) is 4.99. The third-order valence-electron chi connectivity index (χ3n) is 1.07. The number of aromatic nitrogens is 1. The van der Waals surface area contributed by atoms with Gasteiger partial charge in [0.05, 0.1) is 0 Å². The molecule has 1 aromatic rings. The largest absolute Gasteiger partial charge is 0.467 e. The summed E-state index contributed by atoms with van der Waals surface area (Å²) < 4.78 is 9.40. The second kappa shape index (κ2) is 4.50. The van der Waals surface area contributed by atoms with Crippen molar-refractivity contribution in [3.8, 4) is 0 Å². The van der Waals surface area contributed by atoms with E-state index in [9.17, 15) is 0 Å². The monoisotopic (exact) mass is 184 g/mol. The predicted octanol–water partition coefficient (Wildman–Crippen LogP) is 0.948. The van der Waals surface area contributed by atoms with Gasteiger partial charge < -0.3 is 15.0 Å². The Hall–Kier alpha value is -1.36. The molecule has 0 bridgehead atoms. The molecule has 0 aliphatic carbocycles. The molecule has 0 amide bonds. The lowest BCUT2D eigenvalue weighted by atomic mass is 10.4. The molecule has 0 aliphatic rings. The van der Waals surface area contributed by atoms with Crippen molar-refractivity contribution in [1.29, 1.82) is 0 Å². The standard InChI is InChI=1S/C7H8N2O2S/c8-7(12)10-4-1-2-6-3-5-11-9-6/h1-3,5H,4H2,(H2,8,12). The zero-order valence-corrected chi connectivity index (χ0v) is 7.08. The Balaban J connectivity index is 2.27. The molecule has 1 heterocycles. The summed E-state index contributed by atoms with van der Waals surface area (Å²) in [5.41, 5.74) is 5.83. The predicted molar refractivity (Wildman–Crippen MR) is 48.3 cm³/mol. The van der Waals surface area contributed by atoms with Gasteiger partial charge in [-0.15, -0.1) is 0 Å². The van der Waals surface area contributed by atoms with E-state index in [0.29, 0.717) is 6.61 Å². The Morgan fingerprint density at radius 1 is 1.83 bits per heavy atom. The maximum absolute atomic E-state index is 5.09. The number of hydrogen-bond donors (Lipinski definition) is 1. The smallest absolute Gasteiger partial charge is 0.254 e. The SMILES string of the molecule is NC(=S)OCC=Cc1ccon1. The first-order valence-corrected chi connectivity index (χ1v) is 3.69. The lowest BCUT2D eigenvalue weighted by Crippen LogP contribution is -2.12. The molecule has 0 fully saturated rings. The van der Waals surface area contributed by atoms with E-state index in [1.165, 1.54) is 6.26 Å². The van der Waals surface area contributed by atoms with E-state index in [-0.39, 0.29) is 5.17 Å². The molecule has 0 atom stereocenters. The highest BCUT2D eigenvalue weighted by molar-refractivity contribution is 7.80. The van der Waals surface area contributed by atoms with Gasteiger partial charge in [-0.1, -0.05) is 5.16 Å². The molecule has 0 spiro atoms. The molecular formula is C7H8N2O2S. The van der Waals surface area contributed by atoms with E-state index >= 15 is 0 Å². The van der Waals surface area contributed by atoms with Crippen molar-refractivity contribution in [3.63, 3.8) is 0 Å². The topological polar surface area (TPSA) is 61.3 Å². The van der Waals surface area contributed by atoms with Gasteiger partial charge in [0.1, 0.15) is 18.6 Å². The zero-order valence-electron chi connectivity index (χ0n) is 6.27. The van der Waals surface area contributed by atoms with Gasteiger partial charge in [0, 0.05) is 6.07 Å². The minimum absolute atomic E-state index is 0.0415. The van der Waals surface area contributed by atoms with Gasteiger partial charge in [-0.2, -0.15) is 0 Å². The van der Waals surface area contributed by atoms with Gasteiger partial charge in [-0.25, -0.2) is 0 Å². The van der Waals surface area contributed by atoms with E-state index in [2.05, 4.69) is 21.9 Å². The molecule has 0 aromatic carbocycles. The van der Waals surface area contributed by atoms with Crippen molar-refractivity contribution in [2.75, 3.05) is 6.61 Å². The van der Waals surface area contributed by atoms with E-state index in [1.807, 2.05) is 0 Å². The van der Waals surface area contributed by atoms with Gasteiger partial charge in [0.15, 0.2) is 0 Å². The Labute approximate surface area is 75.0 Å². The molecule has 64 valence electrons. The Bertz CT molecular complexity index is 269. The van der Waals surface area contributed by atoms with Gasteiger partial charge in [0.2, 0.25) is 0 Å². The summed E-state index contributed by atoms with van der Waals surface area (Å²) in [6.45, 7) is 0.349. The van der Waals surface area contributed by atoms with Crippen LogP contribution in [0.2, 0.25) is 0 Å². The van der Waals surface area contributed by atoms with Crippen LogP contribution >= 0.6 is 12.2 Å². The van der Waals surface area contributed by atoms with Crippen molar-refractivity contribution in [1.82, 2.24) is 5.16 Å².